The number of nitrogens with zero attached hydrogens (tertiary/aromatic N) is 2. The Balaban J connectivity index is 2.00. The van der Waals surface area contributed by atoms with Gasteiger partial charge in [0.15, 0.2) is 5.95 Å². The van der Waals surface area contributed by atoms with E-state index in [2.05, 4.69) is 17.2 Å². The Morgan fingerprint density at radius 3 is 3.08 bits per heavy atom. The number of hydrogen-bond donors (Lipinski definition) is 2. The van der Waals surface area contributed by atoms with Crippen molar-refractivity contribution in [2.45, 2.75) is 38.9 Å². The molecule has 0 radical (unpaired) electrons. The second-order valence-corrected chi connectivity index (χ2v) is 3.51. The molecular formula is C9H16N4. The lowest BCUT2D eigenvalue weighted by atomic mass is 10.4. The minimum atomic E-state index is 0.620. The molecule has 0 aliphatic heterocycles. The Morgan fingerprint density at radius 2 is 2.46 bits per heavy atom. The van der Waals surface area contributed by atoms with Gasteiger partial charge >= 0.3 is 0 Å². The second-order valence-electron chi connectivity index (χ2n) is 3.51. The van der Waals surface area contributed by atoms with Gasteiger partial charge in [0.05, 0.1) is 11.9 Å². The van der Waals surface area contributed by atoms with Crippen LogP contribution in [-0.4, -0.2) is 15.6 Å². The molecule has 4 nitrogen and oxygen atoms in total. The predicted octanol–water partition coefficient (Wildman–Crippen LogP) is 0.737. The first-order chi connectivity index (χ1) is 6.31. The van der Waals surface area contributed by atoms with E-state index in [-0.39, 0.29) is 0 Å². The summed E-state index contributed by atoms with van der Waals surface area (Å²) in [6.45, 7) is 3.87. The van der Waals surface area contributed by atoms with Gasteiger partial charge in [0.2, 0.25) is 0 Å². The summed E-state index contributed by atoms with van der Waals surface area (Å²) in [5.41, 5.74) is 6.88. The smallest absolute Gasteiger partial charge is 0.200 e. The first kappa shape index (κ1) is 8.56. The highest BCUT2D eigenvalue weighted by atomic mass is 15.2. The number of nitrogens with two attached hydrogens (primary N) is 1. The Labute approximate surface area is 78.1 Å². The Kier molecular flexibility index (Phi) is 2.22. The normalized spacial score (nSPS) is 16.4. The molecule has 0 saturated heterocycles. The molecular weight excluding hydrogens is 164 g/mol. The van der Waals surface area contributed by atoms with Gasteiger partial charge in [0.25, 0.3) is 0 Å². The fraction of sp³-hybridized carbons (Fsp3) is 0.667. The van der Waals surface area contributed by atoms with Crippen LogP contribution in [0.5, 0.6) is 0 Å². The summed E-state index contributed by atoms with van der Waals surface area (Å²) in [5.74, 6) is 0.620. The number of hydrogen-bond acceptors (Lipinski definition) is 3. The van der Waals surface area contributed by atoms with Gasteiger partial charge < -0.3 is 15.6 Å². The molecule has 0 spiro atoms. The van der Waals surface area contributed by atoms with E-state index in [0.717, 1.165) is 19.1 Å². The molecule has 72 valence electrons. The number of imidazole rings is 1. The van der Waals surface area contributed by atoms with Crippen LogP contribution in [0.25, 0.3) is 0 Å². The van der Waals surface area contributed by atoms with Gasteiger partial charge in [-0.2, -0.15) is 0 Å². The Hall–Kier alpha value is -1.03. The maximum absolute atomic E-state index is 5.70. The van der Waals surface area contributed by atoms with Crippen molar-refractivity contribution >= 4 is 5.95 Å². The molecule has 13 heavy (non-hydrogen) atoms. The molecule has 3 N–H and O–H groups in total. The average molecular weight is 180 g/mol. The zero-order chi connectivity index (χ0) is 9.26. The highest BCUT2D eigenvalue weighted by molar-refractivity contribution is 5.22. The third-order valence-electron chi connectivity index (χ3n) is 2.43. The van der Waals surface area contributed by atoms with E-state index in [1.165, 1.54) is 18.5 Å². The largest absolute Gasteiger partial charge is 0.369 e. The molecule has 1 aromatic rings. The standard InChI is InChI=1S/C9H16N4/c1-2-13-8(6-12-9(13)10)5-11-7-3-4-7/h6-7,11H,2-5H2,1H3,(H2,10,12). The number of rotatable bonds is 4. The Morgan fingerprint density at radius 1 is 1.69 bits per heavy atom. The molecule has 1 fully saturated rings. The minimum absolute atomic E-state index is 0.620. The van der Waals surface area contributed by atoms with Gasteiger partial charge in [-0.25, -0.2) is 4.98 Å². The highest BCUT2D eigenvalue weighted by Gasteiger charge is 2.20. The lowest BCUT2D eigenvalue weighted by Gasteiger charge is -2.06. The zero-order valence-electron chi connectivity index (χ0n) is 7.95. The molecule has 4 heteroatoms. The summed E-state index contributed by atoms with van der Waals surface area (Å²) in [7, 11) is 0. The van der Waals surface area contributed by atoms with Gasteiger partial charge in [-0.3, -0.25) is 0 Å². The van der Waals surface area contributed by atoms with Crippen LogP contribution in [0.4, 0.5) is 5.95 Å². The molecule has 0 amide bonds. The van der Waals surface area contributed by atoms with Crippen molar-refractivity contribution in [3.05, 3.63) is 11.9 Å². The lowest BCUT2D eigenvalue weighted by Crippen LogP contribution is -2.18. The van der Waals surface area contributed by atoms with Crippen LogP contribution in [-0.2, 0) is 13.1 Å². The molecule has 0 bridgehead atoms. The maximum atomic E-state index is 5.70. The number of nitrogen functional groups attached to an aromatic ring is 1. The average Bonchev–Trinajstić information content (AvgIpc) is 2.88. The molecule has 0 unspecified atom stereocenters. The summed E-state index contributed by atoms with van der Waals surface area (Å²) in [6, 6.07) is 0.737. The van der Waals surface area contributed by atoms with Crippen LogP contribution in [0.15, 0.2) is 6.20 Å². The minimum Gasteiger partial charge on any atom is -0.369 e. The highest BCUT2D eigenvalue weighted by Crippen LogP contribution is 2.19. The van der Waals surface area contributed by atoms with Crippen LogP contribution in [0, 0.1) is 0 Å². The van der Waals surface area contributed by atoms with Gasteiger partial charge in [0.1, 0.15) is 0 Å². The van der Waals surface area contributed by atoms with Crippen molar-refractivity contribution < 1.29 is 0 Å². The van der Waals surface area contributed by atoms with E-state index in [1.54, 1.807) is 0 Å². The van der Waals surface area contributed by atoms with Crippen LogP contribution in [0.2, 0.25) is 0 Å². The van der Waals surface area contributed by atoms with Gasteiger partial charge in [-0.05, 0) is 19.8 Å². The molecule has 1 aliphatic rings. The third kappa shape index (κ3) is 1.83. The quantitative estimate of drug-likeness (QED) is 0.718. The molecule has 1 aliphatic carbocycles. The number of aromatic nitrogens is 2. The Bertz CT molecular complexity index is 288. The van der Waals surface area contributed by atoms with Crippen molar-refractivity contribution in [2.24, 2.45) is 0 Å². The van der Waals surface area contributed by atoms with E-state index in [0.29, 0.717) is 5.95 Å². The van der Waals surface area contributed by atoms with Crippen molar-refractivity contribution in [1.82, 2.24) is 14.9 Å². The van der Waals surface area contributed by atoms with Crippen molar-refractivity contribution in [3.63, 3.8) is 0 Å². The number of nitrogens with one attached hydrogen (secondary N) is 1. The molecule has 0 atom stereocenters. The molecule has 1 heterocycles. The van der Waals surface area contributed by atoms with Crippen LogP contribution < -0.4 is 11.1 Å². The zero-order valence-corrected chi connectivity index (χ0v) is 7.95. The summed E-state index contributed by atoms with van der Waals surface area (Å²) in [5, 5.41) is 3.44. The predicted molar refractivity (Wildman–Crippen MR) is 52.2 cm³/mol. The van der Waals surface area contributed by atoms with Crippen molar-refractivity contribution in [3.8, 4) is 0 Å². The first-order valence-electron chi connectivity index (χ1n) is 4.84. The van der Waals surface area contributed by atoms with Gasteiger partial charge in [-0.15, -0.1) is 0 Å². The maximum Gasteiger partial charge on any atom is 0.200 e. The van der Waals surface area contributed by atoms with Crippen LogP contribution in [0.3, 0.4) is 0 Å². The van der Waals surface area contributed by atoms with E-state index in [1.807, 2.05) is 10.8 Å². The van der Waals surface area contributed by atoms with Crippen LogP contribution >= 0.6 is 0 Å². The van der Waals surface area contributed by atoms with Crippen molar-refractivity contribution in [1.29, 1.82) is 0 Å². The monoisotopic (exact) mass is 180 g/mol. The topological polar surface area (TPSA) is 55.9 Å². The lowest BCUT2D eigenvalue weighted by molar-refractivity contribution is 0.629. The van der Waals surface area contributed by atoms with Crippen molar-refractivity contribution in [2.75, 3.05) is 5.73 Å². The molecule has 2 rings (SSSR count). The summed E-state index contributed by atoms with van der Waals surface area (Å²) in [4.78, 5) is 4.09. The van der Waals surface area contributed by atoms with E-state index >= 15 is 0 Å². The van der Waals surface area contributed by atoms with Gasteiger partial charge in [0, 0.05) is 19.1 Å². The molecule has 1 saturated carbocycles. The summed E-state index contributed by atoms with van der Waals surface area (Å²) < 4.78 is 2.04. The van der Waals surface area contributed by atoms with E-state index in [4.69, 9.17) is 5.73 Å². The third-order valence-corrected chi connectivity index (χ3v) is 2.43. The fourth-order valence-corrected chi connectivity index (χ4v) is 1.47. The second kappa shape index (κ2) is 3.38. The summed E-state index contributed by atoms with van der Waals surface area (Å²) in [6.07, 6.45) is 4.49. The fourth-order valence-electron chi connectivity index (χ4n) is 1.47. The SMILES string of the molecule is CCn1c(CNC2CC2)cnc1N. The van der Waals surface area contributed by atoms with E-state index < -0.39 is 0 Å². The molecule has 1 aromatic heterocycles. The molecule has 0 aromatic carbocycles. The number of anilines is 1. The van der Waals surface area contributed by atoms with Gasteiger partial charge in [-0.1, -0.05) is 0 Å². The summed E-state index contributed by atoms with van der Waals surface area (Å²) >= 11 is 0. The van der Waals surface area contributed by atoms with E-state index in [9.17, 15) is 0 Å². The first-order valence-corrected chi connectivity index (χ1v) is 4.84. The van der Waals surface area contributed by atoms with Crippen LogP contribution in [0.1, 0.15) is 25.5 Å².